The van der Waals surface area contributed by atoms with Crippen LogP contribution in [0.25, 0.3) is 0 Å². The fourth-order valence-electron chi connectivity index (χ4n) is 2.39. The van der Waals surface area contributed by atoms with Crippen molar-refractivity contribution in [3.8, 4) is 0 Å². The lowest BCUT2D eigenvalue weighted by atomic mass is 9.93. The highest BCUT2D eigenvalue weighted by Crippen LogP contribution is 2.30. The number of thiazole rings is 1. The Balaban J connectivity index is 0.00000288. The van der Waals surface area contributed by atoms with Crippen molar-refractivity contribution in [3.63, 3.8) is 0 Å². The Morgan fingerprint density at radius 1 is 1.38 bits per heavy atom. The van der Waals surface area contributed by atoms with Gasteiger partial charge in [-0.2, -0.15) is 13.2 Å². The molecule has 5 nitrogen and oxygen atoms in total. The molecule has 1 heterocycles. The predicted octanol–water partition coefficient (Wildman–Crippen LogP) is 3.14. The molecule has 2 rings (SSSR count). The molecule has 1 aliphatic carbocycles. The summed E-state index contributed by atoms with van der Waals surface area (Å²) in [6, 6.07) is 0.221. The molecule has 3 N–H and O–H groups in total. The molecule has 0 saturated heterocycles. The third kappa shape index (κ3) is 6.71. The van der Waals surface area contributed by atoms with E-state index in [9.17, 15) is 18.3 Å². The molecule has 1 saturated carbocycles. The van der Waals surface area contributed by atoms with Crippen molar-refractivity contribution in [2.75, 3.05) is 6.54 Å². The first-order valence-electron chi connectivity index (χ1n) is 7.63. The van der Waals surface area contributed by atoms with Gasteiger partial charge in [-0.15, -0.1) is 35.3 Å². The number of hydrogen-bond acceptors (Lipinski definition) is 4. The van der Waals surface area contributed by atoms with E-state index in [1.54, 1.807) is 0 Å². The lowest BCUT2D eigenvalue weighted by Gasteiger charge is -2.27. The lowest BCUT2D eigenvalue weighted by Crippen LogP contribution is -2.45. The molecule has 1 fully saturated rings. The second-order valence-electron chi connectivity index (χ2n) is 5.47. The fraction of sp³-hybridized carbons (Fsp3) is 0.714. The van der Waals surface area contributed by atoms with Crippen molar-refractivity contribution >= 4 is 41.3 Å². The normalized spacial score (nSPS) is 22.0. The van der Waals surface area contributed by atoms with Gasteiger partial charge in [0.2, 0.25) is 0 Å². The number of rotatable bonds is 4. The number of halogens is 4. The van der Waals surface area contributed by atoms with Crippen LogP contribution in [0.3, 0.4) is 0 Å². The maximum atomic E-state index is 12.5. The van der Waals surface area contributed by atoms with E-state index in [0.717, 1.165) is 42.4 Å². The number of alkyl halides is 3. The number of aromatic nitrogens is 1. The predicted molar refractivity (Wildman–Crippen MR) is 98.7 cm³/mol. The second-order valence-corrected chi connectivity index (χ2v) is 6.41. The van der Waals surface area contributed by atoms with E-state index in [2.05, 4.69) is 20.6 Å². The Morgan fingerprint density at radius 3 is 2.58 bits per heavy atom. The van der Waals surface area contributed by atoms with Gasteiger partial charge in [0.1, 0.15) is 5.01 Å². The Labute approximate surface area is 160 Å². The number of nitrogens with one attached hydrogen (secondary N) is 2. The molecule has 10 heteroatoms. The molecule has 0 radical (unpaired) electrons. The first-order chi connectivity index (χ1) is 10.9. The molecule has 0 amide bonds. The SMILES string of the molecule is CCNC(=NCc1nc(C(F)(F)F)cs1)NC1CCC(O)CC1.I. The molecular formula is C14H22F3IN4OS. The highest BCUT2D eigenvalue weighted by molar-refractivity contribution is 14.0. The van der Waals surface area contributed by atoms with Gasteiger partial charge in [0, 0.05) is 18.0 Å². The molecule has 138 valence electrons. The number of hydrogen-bond donors (Lipinski definition) is 3. The monoisotopic (exact) mass is 478 g/mol. The van der Waals surface area contributed by atoms with Crippen LogP contribution in [0.1, 0.15) is 43.3 Å². The van der Waals surface area contributed by atoms with Gasteiger partial charge in [-0.05, 0) is 32.6 Å². The topological polar surface area (TPSA) is 69.5 Å². The number of guanidine groups is 1. The van der Waals surface area contributed by atoms with Crippen molar-refractivity contribution in [2.45, 2.75) is 57.5 Å². The molecule has 0 atom stereocenters. The third-order valence-corrected chi connectivity index (χ3v) is 4.43. The summed E-state index contributed by atoms with van der Waals surface area (Å²) in [5.74, 6) is 0.567. The molecule has 0 spiro atoms. The van der Waals surface area contributed by atoms with Crippen LogP contribution < -0.4 is 10.6 Å². The van der Waals surface area contributed by atoms with E-state index in [4.69, 9.17) is 0 Å². The summed E-state index contributed by atoms with van der Waals surface area (Å²) in [7, 11) is 0. The van der Waals surface area contributed by atoms with Gasteiger partial charge in [0.25, 0.3) is 0 Å². The van der Waals surface area contributed by atoms with Gasteiger partial charge < -0.3 is 15.7 Å². The molecule has 1 aliphatic rings. The largest absolute Gasteiger partial charge is 0.434 e. The number of aliphatic imine (C=N–C) groups is 1. The standard InChI is InChI=1S/C14H21F3N4OS.HI/c1-2-18-13(20-9-3-5-10(22)6-4-9)19-7-12-21-11(8-23-12)14(15,16)17;/h8-10,22H,2-7H2,1H3,(H2,18,19,20);1H. The molecule has 1 aromatic rings. The van der Waals surface area contributed by atoms with Crippen molar-refractivity contribution in [1.29, 1.82) is 0 Å². The van der Waals surface area contributed by atoms with Crippen molar-refractivity contribution < 1.29 is 18.3 Å². The highest BCUT2D eigenvalue weighted by Gasteiger charge is 2.33. The molecule has 24 heavy (non-hydrogen) atoms. The zero-order valence-corrected chi connectivity index (χ0v) is 16.4. The summed E-state index contributed by atoms with van der Waals surface area (Å²) >= 11 is 0.956. The molecular weight excluding hydrogens is 456 g/mol. The highest BCUT2D eigenvalue weighted by atomic mass is 127. The Kier molecular flexibility index (Phi) is 8.71. The lowest BCUT2D eigenvalue weighted by molar-refractivity contribution is -0.140. The summed E-state index contributed by atoms with van der Waals surface area (Å²) in [4.78, 5) is 7.87. The molecule has 0 bridgehead atoms. The maximum Gasteiger partial charge on any atom is 0.434 e. The molecule has 1 aromatic heterocycles. The van der Waals surface area contributed by atoms with E-state index >= 15 is 0 Å². The number of aliphatic hydroxyl groups is 1. The average molecular weight is 478 g/mol. The van der Waals surface area contributed by atoms with Crippen LogP contribution in [-0.4, -0.2) is 34.7 Å². The van der Waals surface area contributed by atoms with E-state index in [0.29, 0.717) is 17.5 Å². The van der Waals surface area contributed by atoms with Gasteiger partial charge in [-0.1, -0.05) is 0 Å². The van der Waals surface area contributed by atoms with E-state index in [-0.39, 0.29) is 42.7 Å². The average Bonchev–Trinajstić information content (AvgIpc) is 2.96. The molecule has 0 aromatic carbocycles. The fourth-order valence-corrected chi connectivity index (χ4v) is 3.12. The summed E-state index contributed by atoms with van der Waals surface area (Å²) in [5, 5.41) is 17.2. The van der Waals surface area contributed by atoms with Crippen molar-refractivity contribution in [3.05, 3.63) is 16.1 Å². The first kappa shape index (κ1) is 21.4. The summed E-state index contributed by atoms with van der Waals surface area (Å²) < 4.78 is 37.6. The Morgan fingerprint density at radius 2 is 2.04 bits per heavy atom. The van der Waals surface area contributed by atoms with Crippen LogP contribution in [0.15, 0.2) is 10.4 Å². The maximum absolute atomic E-state index is 12.5. The van der Waals surface area contributed by atoms with E-state index < -0.39 is 11.9 Å². The quantitative estimate of drug-likeness (QED) is 0.354. The summed E-state index contributed by atoms with van der Waals surface area (Å²) in [6.45, 7) is 2.69. The van der Waals surface area contributed by atoms with Gasteiger partial charge in [0.15, 0.2) is 11.7 Å². The van der Waals surface area contributed by atoms with Crippen molar-refractivity contribution in [2.24, 2.45) is 4.99 Å². The number of aliphatic hydroxyl groups excluding tert-OH is 1. The van der Waals surface area contributed by atoms with E-state index in [1.165, 1.54) is 0 Å². The smallest absolute Gasteiger partial charge is 0.393 e. The van der Waals surface area contributed by atoms with Gasteiger partial charge in [-0.3, -0.25) is 0 Å². The minimum absolute atomic E-state index is 0. The van der Waals surface area contributed by atoms with Crippen LogP contribution in [0.2, 0.25) is 0 Å². The van der Waals surface area contributed by atoms with Crippen LogP contribution in [0.5, 0.6) is 0 Å². The van der Waals surface area contributed by atoms with Crippen LogP contribution in [0.4, 0.5) is 13.2 Å². The van der Waals surface area contributed by atoms with Gasteiger partial charge in [-0.25, -0.2) is 9.98 Å². The minimum atomic E-state index is -4.41. The Bertz CT molecular complexity index is 530. The minimum Gasteiger partial charge on any atom is -0.393 e. The zero-order chi connectivity index (χ0) is 16.9. The summed E-state index contributed by atoms with van der Waals surface area (Å²) in [5.41, 5.74) is -0.869. The van der Waals surface area contributed by atoms with Crippen molar-refractivity contribution in [1.82, 2.24) is 15.6 Å². The number of nitrogens with zero attached hydrogens (tertiary/aromatic N) is 2. The molecule has 0 unspecified atom stereocenters. The summed E-state index contributed by atoms with van der Waals surface area (Å²) in [6.07, 6.45) is -1.45. The third-order valence-electron chi connectivity index (χ3n) is 3.60. The van der Waals surface area contributed by atoms with Crippen LogP contribution >= 0.6 is 35.3 Å². The zero-order valence-electron chi connectivity index (χ0n) is 13.3. The molecule has 0 aliphatic heterocycles. The van der Waals surface area contributed by atoms with Gasteiger partial charge >= 0.3 is 6.18 Å². The van der Waals surface area contributed by atoms with Crippen LogP contribution in [-0.2, 0) is 12.7 Å². The Hall–Kier alpha value is -0.620. The van der Waals surface area contributed by atoms with E-state index in [1.807, 2.05) is 6.92 Å². The second kappa shape index (κ2) is 9.76. The van der Waals surface area contributed by atoms with Gasteiger partial charge in [0.05, 0.1) is 12.6 Å². The van der Waals surface area contributed by atoms with Crippen LogP contribution in [0, 0.1) is 0 Å². The first-order valence-corrected chi connectivity index (χ1v) is 8.51.